The number of hydrogen-bond acceptors (Lipinski definition) is 2. The van der Waals surface area contributed by atoms with Gasteiger partial charge in [0.05, 0.1) is 18.4 Å². The van der Waals surface area contributed by atoms with Gasteiger partial charge in [-0.3, -0.25) is 4.79 Å². The third-order valence-corrected chi connectivity index (χ3v) is 2.07. The molecule has 14 heavy (non-hydrogen) atoms. The summed E-state index contributed by atoms with van der Waals surface area (Å²) in [4.78, 5) is 10.4. The molecule has 4 heteroatoms. The number of nitrogens with zero attached hydrogens (tertiary/aromatic N) is 1. The fraction of sp³-hybridized carbons (Fsp3) is 0.800. The van der Waals surface area contributed by atoms with Crippen LogP contribution >= 0.6 is 0 Å². The average molecular weight is 207 g/mol. The van der Waals surface area contributed by atoms with E-state index < -0.39 is 5.97 Å². The van der Waals surface area contributed by atoms with Gasteiger partial charge >= 0.3 is 35.5 Å². The standard InChI is InChI=1S/C10H17NO2.Na.H/c1-3-4-8(2)5-9(7-11)6-10(12)13;;/h8-9H,3-6H2,1-2H3,(H,12,13);;/t8-,9+;;/m1../s1. The average Bonchev–Trinajstić information content (AvgIpc) is 2.02. The summed E-state index contributed by atoms with van der Waals surface area (Å²) < 4.78 is 0. The molecule has 0 aliphatic carbocycles. The zero-order valence-corrected chi connectivity index (χ0v) is 8.29. The van der Waals surface area contributed by atoms with E-state index in [1.807, 2.05) is 6.07 Å². The molecule has 0 radical (unpaired) electrons. The molecule has 0 saturated heterocycles. The molecule has 2 atom stereocenters. The first kappa shape index (κ1) is 16.4. The second-order valence-corrected chi connectivity index (χ2v) is 3.55. The Morgan fingerprint density at radius 3 is 2.50 bits per heavy atom. The zero-order valence-electron chi connectivity index (χ0n) is 8.29. The van der Waals surface area contributed by atoms with Crippen molar-refractivity contribution in [2.45, 2.75) is 39.5 Å². The summed E-state index contributed by atoms with van der Waals surface area (Å²) in [6.07, 6.45) is 2.84. The summed E-state index contributed by atoms with van der Waals surface area (Å²) in [7, 11) is 0. The van der Waals surface area contributed by atoms with Crippen LogP contribution in [0.2, 0.25) is 0 Å². The summed E-state index contributed by atoms with van der Waals surface area (Å²) in [6.45, 7) is 4.16. The fourth-order valence-electron chi connectivity index (χ4n) is 1.49. The van der Waals surface area contributed by atoms with Gasteiger partial charge in [0.25, 0.3) is 0 Å². The summed E-state index contributed by atoms with van der Waals surface area (Å²) >= 11 is 0. The molecule has 0 amide bonds. The van der Waals surface area contributed by atoms with Gasteiger partial charge in [-0.05, 0) is 12.3 Å². The molecule has 0 unspecified atom stereocenters. The predicted molar refractivity (Wildman–Crippen MR) is 57.2 cm³/mol. The van der Waals surface area contributed by atoms with E-state index in [1.165, 1.54) is 0 Å². The van der Waals surface area contributed by atoms with E-state index in [9.17, 15) is 4.79 Å². The quantitative estimate of drug-likeness (QED) is 0.675. The molecule has 0 aromatic rings. The molecular weight excluding hydrogens is 189 g/mol. The van der Waals surface area contributed by atoms with Crippen molar-refractivity contribution in [1.29, 1.82) is 5.26 Å². The van der Waals surface area contributed by atoms with Crippen LogP contribution in [0.5, 0.6) is 0 Å². The van der Waals surface area contributed by atoms with Crippen molar-refractivity contribution in [2.24, 2.45) is 11.8 Å². The monoisotopic (exact) mass is 207 g/mol. The first-order valence-electron chi connectivity index (χ1n) is 4.71. The van der Waals surface area contributed by atoms with Crippen LogP contribution in [0.3, 0.4) is 0 Å². The first-order valence-corrected chi connectivity index (χ1v) is 4.71. The Morgan fingerprint density at radius 1 is 1.57 bits per heavy atom. The van der Waals surface area contributed by atoms with Crippen molar-refractivity contribution < 1.29 is 9.90 Å². The van der Waals surface area contributed by atoms with Gasteiger partial charge in [0.1, 0.15) is 0 Å². The van der Waals surface area contributed by atoms with Gasteiger partial charge in [0, 0.05) is 0 Å². The molecule has 0 saturated carbocycles. The number of rotatable bonds is 6. The van der Waals surface area contributed by atoms with E-state index in [4.69, 9.17) is 10.4 Å². The molecule has 3 nitrogen and oxygen atoms in total. The third-order valence-electron chi connectivity index (χ3n) is 2.07. The molecule has 0 aliphatic rings. The van der Waals surface area contributed by atoms with Crippen molar-refractivity contribution >= 4 is 35.5 Å². The van der Waals surface area contributed by atoms with Crippen molar-refractivity contribution in [2.75, 3.05) is 0 Å². The van der Waals surface area contributed by atoms with Crippen LogP contribution in [0.25, 0.3) is 0 Å². The minimum absolute atomic E-state index is 0. The number of carbonyl (C=O) groups is 1. The van der Waals surface area contributed by atoms with Crippen LogP contribution in [0.1, 0.15) is 39.5 Å². The molecular formula is C10H18NNaO2. The zero-order chi connectivity index (χ0) is 10.3. The number of carboxylic acid groups (broad SMARTS) is 1. The number of aliphatic carboxylic acids is 1. The van der Waals surface area contributed by atoms with E-state index >= 15 is 0 Å². The van der Waals surface area contributed by atoms with Crippen LogP contribution in [-0.2, 0) is 4.79 Å². The molecule has 0 aromatic heterocycles. The maximum atomic E-state index is 10.4. The predicted octanol–water partition coefficient (Wildman–Crippen LogP) is 1.78. The Kier molecular flexibility index (Phi) is 11.1. The van der Waals surface area contributed by atoms with Gasteiger partial charge in [0.15, 0.2) is 0 Å². The van der Waals surface area contributed by atoms with Gasteiger partial charge in [-0.1, -0.05) is 26.7 Å². The molecule has 1 N–H and O–H groups in total. The number of nitriles is 1. The van der Waals surface area contributed by atoms with Gasteiger partial charge in [-0.2, -0.15) is 5.26 Å². The van der Waals surface area contributed by atoms with Crippen LogP contribution in [-0.4, -0.2) is 40.6 Å². The van der Waals surface area contributed by atoms with Crippen molar-refractivity contribution in [1.82, 2.24) is 0 Å². The summed E-state index contributed by atoms with van der Waals surface area (Å²) in [5, 5.41) is 17.2. The fourth-order valence-corrected chi connectivity index (χ4v) is 1.49. The normalized spacial score (nSPS) is 13.5. The van der Waals surface area contributed by atoms with E-state index in [-0.39, 0.29) is 41.9 Å². The third kappa shape index (κ3) is 8.55. The van der Waals surface area contributed by atoms with Crippen molar-refractivity contribution in [3.8, 4) is 6.07 Å². The molecule has 0 aliphatic heterocycles. The molecule has 0 heterocycles. The minimum atomic E-state index is -0.879. The Hall–Kier alpha value is -0.0400. The van der Waals surface area contributed by atoms with Crippen molar-refractivity contribution in [3.63, 3.8) is 0 Å². The Bertz CT molecular complexity index is 201. The first-order chi connectivity index (χ1) is 6.10. The molecule has 0 bridgehead atoms. The summed E-state index contributed by atoms with van der Waals surface area (Å²) in [5.41, 5.74) is 0. The molecule has 0 aromatic carbocycles. The van der Waals surface area contributed by atoms with Crippen LogP contribution < -0.4 is 0 Å². The van der Waals surface area contributed by atoms with E-state index in [2.05, 4.69) is 13.8 Å². The van der Waals surface area contributed by atoms with Gasteiger partial charge < -0.3 is 5.11 Å². The second kappa shape index (κ2) is 9.51. The van der Waals surface area contributed by atoms with Gasteiger partial charge in [-0.15, -0.1) is 0 Å². The van der Waals surface area contributed by atoms with Crippen LogP contribution in [0.15, 0.2) is 0 Å². The molecule has 0 rings (SSSR count). The van der Waals surface area contributed by atoms with Crippen LogP contribution in [0.4, 0.5) is 0 Å². The summed E-state index contributed by atoms with van der Waals surface area (Å²) in [5.74, 6) is -0.747. The number of carboxylic acids is 1. The maximum absolute atomic E-state index is 10.4. The Labute approximate surface area is 108 Å². The number of hydrogen-bond donors (Lipinski definition) is 1. The summed E-state index contributed by atoms with van der Waals surface area (Å²) in [6, 6.07) is 2.04. The Morgan fingerprint density at radius 2 is 2.14 bits per heavy atom. The van der Waals surface area contributed by atoms with Gasteiger partial charge in [-0.25, -0.2) is 0 Å². The molecule has 0 spiro atoms. The SMILES string of the molecule is CCC[C@@H](C)C[C@H](C#N)CC(=O)O.[NaH]. The van der Waals surface area contributed by atoms with Crippen molar-refractivity contribution in [3.05, 3.63) is 0 Å². The van der Waals surface area contributed by atoms with E-state index in [0.29, 0.717) is 12.3 Å². The van der Waals surface area contributed by atoms with Crippen LogP contribution in [0, 0.1) is 23.2 Å². The molecule has 0 fully saturated rings. The van der Waals surface area contributed by atoms with E-state index in [0.717, 1.165) is 12.8 Å². The van der Waals surface area contributed by atoms with E-state index in [1.54, 1.807) is 0 Å². The van der Waals surface area contributed by atoms with Gasteiger partial charge in [0.2, 0.25) is 0 Å². The second-order valence-electron chi connectivity index (χ2n) is 3.55. The topological polar surface area (TPSA) is 61.1 Å². The molecule has 76 valence electrons. The Balaban J connectivity index is 0.